The highest BCUT2D eigenvalue weighted by molar-refractivity contribution is 5.20. The van der Waals surface area contributed by atoms with Gasteiger partial charge in [0, 0.05) is 19.1 Å². The van der Waals surface area contributed by atoms with Gasteiger partial charge in [0.1, 0.15) is 0 Å². The first kappa shape index (κ1) is 14.9. The lowest BCUT2D eigenvalue weighted by Gasteiger charge is -2.31. The zero-order valence-electron chi connectivity index (χ0n) is 11.9. The van der Waals surface area contributed by atoms with Gasteiger partial charge in [0.25, 0.3) is 0 Å². The molecular weight excluding hydrogens is 220 g/mol. The predicted octanol–water partition coefficient (Wildman–Crippen LogP) is 3.24. The van der Waals surface area contributed by atoms with Crippen LogP contribution in [0.3, 0.4) is 0 Å². The topological polar surface area (TPSA) is 15.3 Å². The Morgan fingerprint density at radius 2 is 1.94 bits per heavy atom. The number of nitrogens with zero attached hydrogens (tertiary/aromatic N) is 1. The van der Waals surface area contributed by atoms with Crippen molar-refractivity contribution in [1.82, 2.24) is 10.2 Å². The van der Waals surface area contributed by atoms with Crippen molar-refractivity contribution in [2.45, 2.75) is 26.8 Å². The maximum Gasteiger partial charge on any atom is 0.0475 e. The van der Waals surface area contributed by atoms with E-state index in [9.17, 15) is 0 Å². The molecule has 1 atom stereocenters. The lowest BCUT2D eigenvalue weighted by molar-refractivity contribution is 0.221. The lowest BCUT2D eigenvalue weighted by atomic mass is 10.0. The Morgan fingerprint density at radius 3 is 2.44 bits per heavy atom. The van der Waals surface area contributed by atoms with Crippen LogP contribution in [0, 0.1) is 0 Å². The highest BCUT2D eigenvalue weighted by Gasteiger charge is 2.18. The Kier molecular flexibility index (Phi) is 6.69. The van der Waals surface area contributed by atoms with Gasteiger partial charge in [-0.1, -0.05) is 56.3 Å². The first-order chi connectivity index (χ1) is 8.69. The summed E-state index contributed by atoms with van der Waals surface area (Å²) >= 11 is 0. The molecule has 0 heterocycles. The van der Waals surface area contributed by atoms with Gasteiger partial charge in [-0.15, -0.1) is 0 Å². The summed E-state index contributed by atoms with van der Waals surface area (Å²) in [7, 11) is 0. The highest BCUT2D eigenvalue weighted by atomic mass is 15.2. The van der Waals surface area contributed by atoms with Gasteiger partial charge in [-0.2, -0.15) is 0 Å². The Labute approximate surface area is 112 Å². The molecule has 2 nitrogen and oxygen atoms in total. The second-order valence-corrected chi connectivity index (χ2v) is 4.75. The van der Waals surface area contributed by atoms with Gasteiger partial charge in [-0.25, -0.2) is 0 Å². The average molecular weight is 246 g/mol. The third-order valence-corrected chi connectivity index (χ3v) is 3.09. The first-order valence-electron chi connectivity index (χ1n) is 6.83. The van der Waals surface area contributed by atoms with E-state index in [-0.39, 0.29) is 0 Å². The van der Waals surface area contributed by atoms with E-state index in [4.69, 9.17) is 0 Å². The summed E-state index contributed by atoms with van der Waals surface area (Å²) in [5.74, 6) is 0. The summed E-state index contributed by atoms with van der Waals surface area (Å²) in [5.41, 5.74) is 2.59. The van der Waals surface area contributed by atoms with Gasteiger partial charge in [-0.05, 0) is 25.6 Å². The normalized spacial score (nSPS) is 12.7. The van der Waals surface area contributed by atoms with Crippen LogP contribution in [0.2, 0.25) is 0 Å². The second kappa shape index (κ2) is 8.06. The van der Waals surface area contributed by atoms with Crippen LogP contribution in [0.1, 0.15) is 32.4 Å². The zero-order valence-corrected chi connectivity index (χ0v) is 11.9. The number of likely N-dealkylation sites (N-methyl/N-ethyl adjacent to an activating group) is 2. The van der Waals surface area contributed by atoms with Crippen LogP contribution in [0.25, 0.3) is 0 Å². The minimum absolute atomic E-state index is 0.424. The Hall–Kier alpha value is -1.12. The molecule has 0 fully saturated rings. The monoisotopic (exact) mass is 246 g/mol. The first-order valence-corrected chi connectivity index (χ1v) is 6.83. The molecule has 1 rings (SSSR count). The Morgan fingerprint density at radius 1 is 1.28 bits per heavy atom. The molecule has 1 N–H and O–H groups in total. The fraction of sp³-hybridized carbons (Fsp3) is 0.500. The van der Waals surface area contributed by atoms with Crippen molar-refractivity contribution in [3.05, 3.63) is 48.0 Å². The molecule has 0 amide bonds. The predicted molar refractivity (Wildman–Crippen MR) is 79.8 cm³/mol. The quantitative estimate of drug-likeness (QED) is 0.708. The second-order valence-electron chi connectivity index (χ2n) is 4.75. The van der Waals surface area contributed by atoms with Crippen LogP contribution < -0.4 is 5.32 Å². The molecule has 0 bridgehead atoms. The summed E-state index contributed by atoms with van der Waals surface area (Å²) in [6.45, 7) is 14.5. The van der Waals surface area contributed by atoms with Crippen molar-refractivity contribution in [1.29, 1.82) is 0 Å². The van der Waals surface area contributed by atoms with Gasteiger partial charge in [0.2, 0.25) is 0 Å². The Bertz CT molecular complexity index is 345. The van der Waals surface area contributed by atoms with Crippen LogP contribution >= 0.6 is 0 Å². The van der Waals surface area contributed by atoms with E-state index in [1.165, 1.54) is 11.1 Å². The van der Waals surface area contributed by atoms with Crippen molar-refractivity contribution in [2.75, 3.05) is 26.2 Å². The standard InChI is InChI=1S/C16H26N2/c1-5-17-12-16(15-10-8-7-9-11-15)18(6-2)13-14(3)4/h7-11,16-17H,3,5-6,12-13H2,1-2,4H3. The number of hydrogen-bond donors (Lipinski definition) is 1. The molecule has 0 aliphatic heterocycles. The minimum atomic E-state index is 0.424. The van der Waals surface area contributed by atoms with Crippen molar-refractivity contribution in [3.63, 3.8) is 0 Å². The molecule has 0 saturated heterocycles. The number of benzene rings is 1. The zero-order chi connectivity index (χ0) is 13.4. The molecule has 0 spiro atoms. The molecule has 1 aromatic carbocycles. The van der Waals surface area contributed by atoms with Crippen molar-refractivity contribution >= 4 is 0 Å². The number of nitrogens with one attached hydrogen (secondary N) is 1. The van der Waals surface area contributed by atoms with Gasteiger partial charge in [0.15, 0.2) is 0 Å². The van der Waals surface area contributed by atoms with E-state index in [1.54, 1.807) is 0 Å². The van der Waals surface area contributed by atoms with Crippen LogP contribution in [0.4, 0.5) is 0 Å². The molecular formula is C16H26N2. The molecule has 1 aromatic rings. The maximum atomic E-state index is 4.04. The van der Waals surface area contributed by atoms with Crippen LogP contribution in [-0.2, 0) is 0 Å². The summed E-state index contributed by atoms with van der Waals surface area (Å²) in [6.07, 6.45) is 0. The van der Waals surface area contributed by atoms with E-state index < -0.39 is 0 Å². The fourth-order valence-electron chi connectivity index (χ4n) is 2.20. The summed E-state index contributed by atoms with van der Waals surface area (Å²) in [5, 5.41) is 3.46. The van der Waals surface area contributed by atoms with Crippen LogP contribution in [0.15, 0.2) is 42.5 Å². The molecule has 0 radical (unpaired) electrons. The summed E-state index contributed by atoms with van der Waals surface area (Å²) in [4.78, 5) is 2.47. The van der Waals surface area contributed by atoms with Crippen LogP contribution in [0.5, 0.6) is 0 Å². The van der Waals surface area contributed by atoms with Crippen molar-refractivity contribution in [2.24, 2.45) is 0 Å². The van der Waals surface area contributed by atoms with Crippen molar-refractivity contribution < 1.29 is 0 Å². The SMILES string of the molecule is C=C(C)CN(CC)C(CNCC)c1ccccc1. The van der Waals surface area contributed by atoms with Crippen molar-refractivity contribution in [3.8, 4) is 0 Å². The van der Waals surface area contributed by atoms with E-state index in [0.29, 0.717) is 6.04 Å². The molecule has 0 saturated carbocycles. The molecule has 0 aliphatic carbocycles. The Balaban J connectivity index is 2.85. The minimum Gasteiger partial charge on any atom is -0.315 e. The van der Waals surface area contributed by atoms with Gasteiger partial charge in [0.05, 0.1) is 0 Å². The molecule has 1 unspecified atom stereocenters. The average Bonchev–Trinajstić information content (AvgIpc) is 2.38. The largest absolute Gasteiger partial charge is 0.315 e. The third kappa shape index (κ3) is 4.63. The molecule has 18 heavy (non-hydrogen) atoms. The molecule has 0 aromatic heterocycles. The lowest BCUT2D eigenvalue weighted by Crippen LogP contribution is -2.36. The van der Waals surface area contributed by atoms with Gasteiger partial charge >= 0.3 is 0 Å². The molecule has 2 heteroatoms. The smallest absolute Gasteiger partial charge is 0.0475 e. The molecule has 0 aliphatic rings. The van der Waals surface area contributed by atoms with Gasteiger partial charge in [-0.3, -0.25) is 4.90 Å². The van der Waals surface area contributed by atoms with E-state index in [1.807, 2.05) is 0 Å². The van der Waals surface area contributed by atoms with Crippen LogP contribution in [-0.4, -0.2) is 31.1 Å². The summed E-state index contributed by atoms with van der Waals surface area (Å²) in [6, 6.07) is 11.1. The van der Waals surface area contributed by atoms with E-state index in [0.717, 1.165) is 26.2 Å². The van der Waals surface area contributed by atoms with E-state index in [2.05, 4.69) is 67.9 Å². The van der Waals surface area contributed by atoms with Gasteiger partial charge < -0.3 is 5.32 Å². The van der Waals surface area contributed by atoms with E-state index >= 15 is 0 Å². The molecule has 100 valence electrons. The number of hydrogen-bond acceptors (Lipinski definition) is 2. The maximum absolute atomic E-state index is 4.04. The number of rotatable bonds is 8. The fourth-order valence-corrected chi connectivity index (χ4v) is 2.20. The highest BCUT2D eigenvalue weighted by Crippen LogP contribution is 2.20. The summed E-state index contributed by atoms with van der Waals surface area (Å²) < 4.78 is 0. The third-order valence-electron chi connectivity index (χ3n) is 3.09.